The Bertz CT molecular complexity index is 3190. The molecule has 0 atom stereocenters. The molecule has 3 aromatic heterocycles. The van der Waals surface area contributed by atoms with Crippen molar-refractivity contribution in [2.75, 3.05) is 0 Å². The topological polar surface area (TPSA) is 56.7 Å². The minimum atomic E-state index is 0.596. The van der Waals surface area contributed by atoms with Gasteiger partial charge in [-0.05, 0) is 64.0 Å². The Morgan fingerprint density at radius 2 is 1.06 bits per heavy atom. The smallest absolute Gasteiger partial charge is 0.164 e. The van der Waals surface area contributed by atoms with Crippen LogP contribution in [-0.4, -0.2) is 19.5 Å². The first-order valence-corrected chi connectivity index (χ1v) is 17.4. The lowest BCUT2D eigenvalue weighted by Gasteiger charge is -2.12. The lowest BCUT2D eigenvalue weighted by Crippen LogP contribution is -2.01. The first-order valence-electron chi connectivity index (χ1n) is 17.4. The number of para-hydroxylation sites is 1. The maximum absolute atomic E-state index is 6.43. The van der Waals surface area contributed by atoms with E-state index in [1.54, 1.807) is 0 Å². The molecule has 5 heteroatoms. The van der Waals surface area contributed by atoms with Gasteiger partial charge in [0.05, 0.1) is 11.0 Å². The molecule has 0 aliphatic rings. The second-order valence-corrected chi connectivity index (χ2v) is 13.2. The standard InChI is InChI=1S/C47H28N4O/c1-2-13-30(14-3-1)45-48-46(50-47(49-45)37-21-11-23-41-44(37)38-27-31-15-4-5-16-32(31)28-42(38)52-41)33-17-10-18-34(26-33)51-39-22-9-8-20-36(39)43-35-19-7-6-12-29(35)24-25-40(43)51/h1-28H. The minimum absolute atomic E-state index is 0.596. The zero-order valence-electron chi connectivity index (χ0n) is 27.9. The average molecular weight is 665 g/mol. The van der Waals surface area contributed by atoms with Crippen LogP contribution in [0.4, 0.5) is 0 Å². The Morgan fingerprint density at radius 3 is 1.92 bits per heavy atom. The van der Waals surface area contributed by atoms with Crippen molar-refractivity contribution >= 4 is 65.3 Å². The summed E-state index contributed by atoms with van der Waals surface area (Å²) in [6, 6.07) is 59.2. The van der Waals surface area contributed by atoms with E-state index in [-0.39, 0.29) is 0 Å². The van der Waals surface area contributed by atoms with Gasteiger partial charge in [0.15, 0.2) is 17.5 Å². The van der Waals surface area contributed by atoms with Gasteiger partial charge in [0.2, 0.25) is 0 Å². The maximum atomic E-state index is 6.43. The van der Waals surface area contributed by atoms with E-state index in [1.165, 1.54) is 21.5 Å². The van der Waals surface area contributed by atoms with Gasteiger partial charge in [-0.25, -0.2) is 15.0 Å². The van der Waals surface area contributed by atoms with Crippen LogP contribution in [0.15, 0.2) is 174 Å². The van der Waals surface area contributed by atoms with E-state index in [1.807, 2.05) is 42.5 Å². The molecule has 0 fully saturated rings. The highest BCUT2D eigenvalue weighted by Crippen LogP contribution is 2.40. The molecule has 0 saturated heterocycles. The van der Waals surface area contributed by atoms with Gasteiger partial charge in [0, 0.05) is 43.9 Å². The van der Waals surface area contributed by atoms with Crippen molar-refractivity contribution in [3.63, 3.8) is 0 Å². The number of hydrogen-bond donors (Lipinski definition) is 0. The summed E-state index contributed by atoms with van der Waals surface area (Å²) in [4.78, 5) is 15.4. The monoisotopic (exact) mass is 664 g/mol. The summed E-state index contributed by atoms with van der Waals surface area (Å²) < 4.78 is 8.78. The zero-order chi connectivity index (χ0) is 34.2. The van der Waals surface area contributed by atoms with E-state index in [4.69, 9.17) is 19.4 Å². The van der Waals surface area contributed by atoms with Crippen molar-refractivity contribution in [3.05, 3.63) is 170 Å². The van der Waals surface area contributed by atoms with Gasteiger partial charge in [-0.2, -0.15) is 0 Å². The fourth-order valence-corrected chi connectivity index (χ4v) is 7.84. The molecular formula is C47H28N4O. The van der Waals surface area contributed by atoms with E-state index in [0.717, 1.165) is 66.1 Å². The lowest BCUT2D eigenvalue weighted by atomic mass is 10.0. The molecule has 0 spiro atoms. The highest BCUT2D eigenvalue weighted by atomic mass is 16.3. The van der Waals surface area contributed by atoms with Crippen LogP contribution in [0.1, 0.15) is 0 Å². The van der Waals surface area contributed by atoms with Crippen LogP contribution in [0.2, 0.25) is 0 Å². The van der Waals surface area contributed by atoms with Gasteiger partial charge < -0.3 is 8.98 Å². The van der Waals surface area contributed by atoms with E-state index < -0.39 is 0 Å². The molecule has 0 saturated carbocycles. The number of furan rings is 1. The molecule has 8 aromatic carbocycles. The molecule has 0 amide bonds. The van der Waals surface area contributed by atoms with Gasteiger partial charge in [0.1, 0.15) is 11.2 Å². The first kappa shape index (κ1) is 28.7. The SMILES string of the molecule is c1ccc(-c2nc(-c3cccc(-n4c5ccccc5c5c6ccccc6ccc54)c3)nc(-c3cccc4oc5cc6ccccc6cc5c34)n2)cc1. The summed E-state index contributed by atoms with van der Waals surface area (Å²) in [7, 11) is 0. The summed E-state index contributed by atoms with van der Waals surface area (Å²) in [5.74, 6) is 1.82. The molecule has 3 heterocycles. The van der Waals surface area contributed by atoms with Crippen molar-refractivity contribution in [2.45, 2.75) is 0 Å². The molecular weight excluding hydrogens is 637 g/mol. The molecule has 0 N–H and O–H groups in total. The van der Waals surface area contributed by atoms with Gasteiger partial charge in [0.25, 0.3) is 0 Å². The Kier molecular flexibility index (Phi) is 6.18. The Morgan fingerprint density at radius 1 is 0.385 bits per heavy atom. The highest BCUT2D eigenvalue weighted by Gasteiger charge is 2.20. The summed E-state index contributed by atoms with van der Waals surface area (Å²) in [6.07, 6.45) is 0. The third-order valence-corrected chi connectivity index (χ3v) is 10.2. The summed E-state index contributed by atoms with van der Waals surface area (Å²) in [5.41, 5.74) is 7.71. The van der Waals surface area contributed by atoms with Crippen LogP contribution in [0.3, 0.4) is 0 Å². The number of rotatable bonds is 4. The van der Waals surface area contributed by atoms with E-state index in [9.17, 15) is 0 Å². The Balaban J connectivity index is 1.14. The molecule has 5 nitrogen and oxygen atoms in total. The number of hydrogen-bond acceptors (Lipinski definition) is 4. The van der Waals surface area contributed by atoms with Crippen molar-refractivity contribution in [1.82, 2.24) is 19.5 Å². The van der Waals surface area contributed by atoms with Crippen molar-refractivity contribution in [3.8, 4) is 39.9 Å². The van der Waals surface area contributed by atoms with E-state index in [0.29, 0.717) is 17.5 Å². The van der Waals surface area contributed by atoms with Crippen LogP contribution in [0.5, 0.6) is 0 Å². The predicted molar refractivity (Wildman–Crippen MR) is 213 cm³/mol. The van der Waals surface area contributed by atoms with Crippen molar-refractivity contribution in [1.29, 1.82) is 0 Å². The van der Waals surface area contributed by atoms with Gasteiger partial charge >= 0.3 is 0 Å². The second kappa shape index (κ2) is 11.2. The molecule has 52 heavy (non-hydrogen) atoms. The van der Waals surface area contributed by atoms with Crippen LogP contribution in [0, 0.1) is 0 Å². The lowest BCUT2D eigenvalue weighted by molar-refractivity contribution is 0.669. The van der Waals surface area contributed by atoms with Crippen LogP contribution < -0.4 is 0 Å². The molecule has 0 aliphatic heterocycles. The summed E-state index contributed by atoms with van der Waals surface area (Å²) in [6.45, 7) is 0. The number of benzene rings is 8. The number of fused-ring (bicyclic) bond motifs is 9. The maximum Gasteiger partial charge on any atom is 0.164 e. The third kappa shape index (κ3) is 4.39. The minimum Gasteiger partial charge on any atom is -0.456 e. The fraction of sp³-hybridized carbons (Fsp3) is 0. The normalized spacial score (nSPS) is 11.8. The average Bonchev–Trinajstić information content (AvgIpc) is 3.75. The molecule has 0 aliphatic carbocycles. The van der Waals surface area contributed by atoms with Crippen LogP contribution in [0.25, 0.3) is 105 Å². The van der Waals surface area contributed by atoms with Gasteiger partial charge in [-0.1, -0.05) is 127 Å². The second-order valence-electron chi connectivity index (χ2n) is 13.2. The van der Waals surface area contributed by atoms with E-state index in [2.05, 4.69) is 132 Å². The number of aromatic nitrogens is 4. The first-order chi connectivity index (χ1) is 25.8. The Labute approximate surface area is 298 Å². The summed E-state index contributed by atoms with van der Waals surface area (Å²) in [5, 5.41) is 9.27. The fourth-order valence-electron chi connectivity index (χ4n) is 7.84. The Hall–Kier alpha value is -7.11. The number of nitrogens with zero attached hydrogens (tertiary/aromatic N) is 4. The molecule has 0 unspecified atom stereocenters. The molecule has 0 bridgehead atoms. The molecule has 242 valence electrons. The van der Waals surface area contributed by atoms with Crippen LogP contribution in [-0.2, 0) is 0 Å². The van der Waals surface area contributed by atoms with Crippen molar-refractivity contribution in [2.24, 2.45) is 0 Å². The molecule has 11 rings (SSSR count). The predicted octanol–water partition coefficient (Wildman–Crippen LogP) is 12.2. The molecule has 0 radical (unpaired) electrons. The van der Waals surface area contributed by atoms with Crippen LogP contribution >= 0.6 is 0 Å². The summed E-state index contributed by atoms with van der Waals surface area (Å²) >= 11 is 0. The largest absolute Gasteiger partial charge is 0.456 e. The third-order valence-electron chi connectivity index (χ3n) is 10.2. The highest BCUT2D eigenvalue weighted by molar-refractivity contribution is 6.21. The zero-order valence-corrected chi connectivity index (χ0v) is 27.9. The van der Waals surface area contributed by atoms with E-state index >= 15 is 0 Å². The van der Waals surface area contributed by atoms with Gasteiger partial charge in [-0.3, -0.25) is 0 Å². The van der Waals surface area contributed by atoms with Crippen molar-refractivity contribution < 1.29 is 4.42 Å². The quantitative estimate of drug-likeness (QED) is 0.188. The van der Waals surface area contributed by atoms with Gasteiger partial charge in [-0.15, -0.1) is 0 Å². The molecule has 11 aromatic rings.